The molecular formula is C15H12N4O4. The number of pyridine rings is 1. The highest BCUT2D eigenvalue weighted by molar-refractivity contribution is 6.01. The Kier molecular flexibility index (Phi) is 3.63. The van der Waals surface area contributed by atoms with Gasteiger partial charge in [0.15, 0.2) is 11.1 Å². The number of carboxylic acids is 1. The molecule has 116 valence electrons. The van der Waals surface area contributed by atoms with Crippen LogP contribution >= 0.6 is 0 Å². The fourth-order valence-electron chi connectivity index (χ4n) is 2.28. The summed E-state index contributed by atoms with van der Waals surface area (Å²) in [6, 6.07) is 10.5. The monoisotopic (exact) mass is 312 g/mol. The van der Waals surface area contributed by atoms with E-state index < -0.39 is 23.9 Å². The molecule has 0 saturated heterocycles. The van der Waals surface area contributed by atoms with Gasteiger partial charge in [0.1, 0.15) is 18.4 Å². The van der Waals surface area contributed by atoms with Crippen molar-refractivity contribution in [3.63, 3.8) is 0 Å². The molecule has 8 heteroatoms. The number of benzene rings is 1. The lowest BCUT2D eigenvalue weighted by atomic mass is 10.1. The third kappa shape index (κ3) is 2.69. The van der Waals surface area contributed by atoms with Crippen LogP contribution in [-0.2, 0) is 4.79 Å². The van der Waals surface area contributed by atoms with E-state index in [0.29, 0.717) is 5.69 Å². The summed E-state index contributed by atoms with van der Waals surface area (Å²) in [5.74, 6) is -1.97. The smallest absolute Gasteiger partial charge is 0.322 e. The van der Waals surface area contributed by atoms with Crippen molar-refractivity contribution in [1.29, 1.82) is 0 Å². The summed E-state index contributed by atoms with van der Waals surface area (Å²) in [6.45, 7) is -0.574. The Bertz CT molecular complexity index is 943. The number of carbonyl (C=O) groups is 2. The Morgan fingerprint density at radius 2 is 2.00 bits per heavy atom. The van der Waals surface area contributed by atoms with Gasteiger partial charge in [0, 0.05) is 11.6 Å². The normalized spacial score (nSPS) is 10.6. The molecule has 1 aromatic carbocycles. The quantitative estimate of drug-likeness (QED) is 0.649. The minimum atomic E-state index is -1.20. The number of aliphatic carboxylic acids is 1. The number of hydrogen-bond acceptors (Lipinski definition) is 4. The molecule has 0 aliphatic rings. The summed E-state index contributed by atoms with van der Waals surface area (Å²) in [5, 5.41) is 13.6. The van der Waals surface area contributed by atoms with Crippen molar-refractivity contribution in [3.05, 3.63) is 58.5 Å². The van der Waals surface area contributed by atoms with E-state index in [1.54, 1.807) is 0 Å². The summed E-state index contributed by atoms with van der Waals surface area (Å²) in [5.41, 5.74) is 0.740. The Morgan fingerprint density at radius 3 is 2.70 bits per heavy atom. The highest BCUT2D eigenvalue weighted by Gasteiger charge is 2.19. The van der Waals surface area contributed by atoms with Crippen LogP contribution < -0.4 is 10.7 Å². The second-order valence-electron chi connectivity index (χ2n) is 4.76. The van der Waals surface area contributed by atoms with Crippen LogP contribution in [0.5, 0.6) is 0 Å². The van der Waals surface area contributed by atoms with E-state index >= 15 is 0 Å². The summed E-state index contributed by atoms with van der Waals surface area (Å²) < 4.78 is 1.51. The number of aromatic nitrogens is 3. The van der Waals surface area contributed by atoms with Crippen molar-refractivity contribution < 1.29 is 14.7 Å². The average Bonchev–Trinajstić information content (AvgIpc) is 3.01. The predicted molar refractivity (Wildman–Crippen MR) is 81.2 cm³/mol. The molecule has 3 aromatic rings. The lowest BCUT2D eigenvalue weighted by Crippen LogP contribution is -2.33. The van der Waals surface area contributed by atoms with Crippen LogP contribution in [0.4, 0.5) is 0 Å². The van der Waals surface area contributed by atoms with Crippen LogP contribution in [0.15, 0.2) is 47.5 Å². The maximum Gasteiger partial charge on any atom is 0.322 e. The molecule has 0 aliphatic heterocycles. The Hall–Kier alpha value is -3.42. The molecule has 0 bridgehead atoms. The van der Waals surface area contributed by atoms with Crippen molar-refractivity contribution in [2.45, 2.75) is 0 Å². The summed E-state index contributed by atoms with van der Waals surface area (Å²) >= 11 is 0. The molecule has 0 fully saturated rings. The third-order valence-corrected chi connectivity index (χ3v) is 3.26. The van der Waals surface area contributed by atoms with Crippen molar-refractivity contribution in [2.75, 3.05) is 6.54 Å². The number of fused-ring (bicyclic) bond motifs is 1. The number of rotatable bonds is 4. The molecule has 23 heavy (non-hydrogen) atoms. The molecule has 0 spiro atoms. The van der Waals surface area contributed by atoms with Gasteiger partial charge < -0.3 is 10.4 Å². The maximum absolute atomic E-state index is 12.3. The van der Waals surface area contributed by atoms with Crippen molar-refractivity contribution in [1.82, 2.24) is 19.9 Å². The zero-order valence-corrected chi connectivity index (χ0v) is 11.8. The molecule has 2 aromatic heterocycles. The van der Waals surface area contributed by atoms with E-state index in [4.69, 9.17) is 5.11 Å². The second kappa shape index (κ2) is 5.76. The van der Waals surface area contributed by atoms with Crippen LogP contribution in [-0.4, -0.2) is 38.1 Å². The van der Waals surface area contributed by atoms with Gasteiger partial charge >= 0.3 is 5.97 Å². The number of nitrogens with one attached hydrogen (secondary N) is 2. The van der Waals surface area contributed by atoms with E-state index in [2.05, 4.69) is 15.4 Å². The Labute approximate surface area is 129 Å². The molecule has 3 N–H and O–H groups in total. The van der Waals surface area contributed by atoms with E-state index in [0.717, 1.165) is 5.56 Å². The third-order valence-electron chi connectivity index (χ3n) is 3.26. The van der Waals surface area contributed by atoms with Gasteiger partial charge in [0.05, 0.1) is 5.69 Å². The van der Waals surface area contributed by atoms with Gasteiger partial charge in [-0.2, -0.15) is 0 Å². The summed E-state index contributed by atoms with van der Waals surface area (Å²) in [7, 11) is 0. The largest absolute Gasteiger partial charge is 0.480 e. The highest BCUT2D eigenvalue weighted by atomic mass is 16.4. The standard InChI is InChI=1S/C15H12N4O4/c20-11-6-10(9-4-2-1-3-5-9)19-14(17-8-18-19)13(11)15(23)16-7-12(21)22/h1-6,8H,7H2,(H,16,23)(H,17,18)(H,21,22). The number of nitrogens with zero attached hydrogens (tertiary/aromatic N) is 2. The molecular weight excluding hydrogens is 300 g/mol. The lowest BCUT2D eigenvalue weighted by Gasteiger charge is -2.08. The molecule has 0 aliphatic carbocycles. The lowest BCUT2D eigenvalue weighted by molar-refractivity contribution is -0.135. The SMILES string of the molecule is O=C(O)CNC(=O)c1c(=O)cc(-c2ccccc2)n2[nH]cnc12. The van der Waals surface area contributed by atoms with Gasteiger partial charge in [-0.1, -0.05) is 30.3 Å². The fraction of sp³-hybridized carbons (Fsp3) is 0.0667. The first-order valence-corrected chi connectivity index (χ1v) is 6.72. The van der Waals surface area contributed by atoms with Gasteiger partial charge in [0.25, 0.3) is 5.91 Å². The predicted octanol–water partition coefficient (Wildman–Crippen LogP) is 0.504. The van der Waals surface area contributed by atoms with E-state index in [-0.39, 0.29) is 11.2 Å². The molecule has 0 radical (unpaired) electrons. The Morgan fingerprint density at radius 1 is 1.26 bits per heavy atom. The van der Waals surface area contributed by atoms with Crippen LogP contribution in [0.3, 0.4) is 0 Å². The zero-order valence-electron chi connectivity index (χ0n) is 11.8. The van der Waals surface area contributed by atoms with E-state index in [1.807, 2.05) is 30.3 Å². The van der Waals surface area contributed by atoms with Gasteiger partial charge in [-0.25, -0.2) is 9.50 Å². The number of aromatic amines is 1. The molecule has 2 heterocycles. The zero-order chi connectivity index (χ0) is 16.4. The number of carboxylic acid groups (broad SMARTS) is 1. The summed E-state index contributed by atoms with van der Waals surface area (Å²) in [4.78, 5) is 39.0. The second-order valence-corrected chi connectivity index (χ2v) is 4.76. The van der Waals surface area contributed by atoms with Crippen LogP contribution in [0, 0.1) is 0 Å². The molecule has 8 nitrogen and oxygen atoms in total. The topological polar surface area (TPSA) is 117 Å². The van der Waals surface area contributed by atoms with Gasteiger partial charge in [-0.15, -0.1) is 0 Å². The molecule has 0 atom stereocenters. The Balaban J connectivity index is 2.14. The van der Waals surface area contributed by atoms with Gasteiger partial charge in [-0.05, 0) is 0 Å². The first-order chi connectivity index (χ1) is 11.1. The van der Waals surface area contributed by atoms with Crippen LogP contribution in [0.2, 0.25) is 0 Å². The van der Waals surface area contributed by atoms with Crippen molar-refractivity contribution in [2.24, 2.45) is 0 Å². The molecule has 1 amide bonds. The van der Waals surface area contributed by atoms with E-state index in [9.17, 15) is 14.4 Å². The molecule has 0 saturated carbocycles. The first-order valence-electron chi connectivity index (χ1n) is 6.72. The number of hydrogen-bond donors (Lipinski definition) is 3. The number of amides is 1. The minimum absolute atomic E-state index is 0.138. The molecule has 0 unspecified atom stereocenters. The maximum atomic E-state index is 12.3. The average molecular weight is 312 g/mol. The number of carbonyl (C=O) groups excluding carboxylic acids is 1. The van der Waals surface area contributed by atoms with Gasteiger partial charge in [0.2, 0.25) is 0 Å². The minimum Gasteiger partial charge on any atom is -0.480 e. The summed E-state index contributed by atoms with van der Waals surface area (Å²) in [6.07, 6.45) is 1.36. The fourth-order valence-corrected chi connectivity index (χ4v) is 2.28. The van der Waals surface area contributed by atoms with Crippen molar-refractivity contribution >= 4 is 17.5 Å². The van der Waals surface area contributed by atoms with Crippen LogP contribution in [0.25, 0.3) is 16.9 Å². The van der Waals surface area contributed by atoms with Crippen molar-refractivity contribution in [3.8, 4) is 11.3 Å². The van der Waals surface area contributed by atoms with Crippen LogP contribution in [0.1, 0.15) is 10.4 Å². The van der Waals surface area contributed by atoms with E-state index in [1.165, 1.54) is 16.9 Å². The first kappa shape index (κ1) is 14.5. The highest BCUT2D eigenvalue weighted by Crippen LogP contribution is 2.19. The van der Waals surface area contributed by atoms with Gasteiger partial charge in [-0.3, -0.25) is 19.5 Å². The molecule has 3 rings (SSSR count). The number of H-pyrrole nitrogens is 1.